The fourth-order valence-electron chi connectivity index (χ4n) is 2.87. The zero-order chi connectivity index (χ0) is 19.6. The first kappa shape index (κ1) is 18.2. The Morgan fingerprint density at radius 1 is 1.22 bits per heavy atom. The van der Waals surface area contributed by atoms with Gasteiger partial charge in [0.2, 0.25) is 5.91 Å². The van der Waals surface area contributed by atoms with E-state index in [-0.39, 0.29) is 17.7 Å². The number of anilines is 2. The molecule has 8 nitrogen and oxygen atoms in total. The number of amides is 2. The number of rotatable bonds is 6. The molecular weight excluding hydrogens is 352 g/mol. The van der Waals surface area contributed by atoms with Crippen LogP contribution in [0.3, 0.4) is 0 Å². The molecule has 1 unspecified atom stereocenters. The van der Waals surface area contributed by atoms with Crippen LogP contribution in [0.4, 0.5) is 11.4 Å². The highest BCUT2D eigenvalue weighted by atomic mass is 16.5. The molecule has 0 spiro atoms. The van der Waals surface area contributed by atoms with Crippen molar-refractivity contribution in [2.24, 2.45) is 0 Å². The molecule has 1 aliphatic heterocycles. The first-order chi connectivity index (χ1) is 12.9. The highest BCUT2D eigenvalue weighted by molar-refractivity contribution is 6.23. The van der Waals surface area contributed by atoms with Gasteiger partial charge in [-0.1, -0.05) is 0 Å². The predicted octanol–water partition coefficient (Wildman–Crippen LogP) is 2.23. The molecule has 0 radical (unpaired) electrons. The van der Waals surface area contributed by atoms with Gasteiger partial charge in [0.1, 0.15) is 23.1 Å². The summed E-state index contributed by atoms with van der Waals surface area (Å²) in [6.07, 6.45) is -0.0481. The van der Waals surface area contributed by atoms with Gasteiger partial charge < -0.3 is 20.3 Å². The van der Waals surface area contributed by atoms with E-state index in [9.17, 15) is 19.5 Å². The van der Waals surface area contributed by atoms with Gasteiger partial charge in [0.15, 0.2) is 0 Å². The third kappa shape index (κ3) is 3.69. The number of imide groups is 1. The molecule has 3 N–H and O–H groups in total. The van der Waals surface area contributed by atoms with Gasteiger partial charge in [-0.3, -0.25) is 9.59 Å². The Bertz CT molecular complexity index is 894. The van der Waals surface area contributed by atoms with Crippen LogP contribution in [0, 0.1) is 0 Å². The van der Waals surface area contributed by atoms with Gasteiger partial charge >= 0.3 is 5.97 Å². The summed E-state index contributed by atoms with van der Waals surface area (Å²) >= 11 is 0. The van der Waals surface area contributed by atoms with Crippen LogP contribution in [-0.2, 0) is 9.59 Å². The van der Waals surface area contributed by atoms with E-state index in [4.69, 9.17) is 9.84 Å². The number of ether oxygens (including phenoxy) is 1. The maximum atomic E-state index is 12.6. The van der Waals surface area contributed by atoms with Crippen LogP contribution in [0.5, 0.6) is 11.5 Å². The van der Waals surface area contributed by atoms with Crippen molar-refractivity contribution in [1.29, 1.82) is 0 Å². The zero-order valence-electron chi connectivity index (χ0n) is 14.5. The topological polar surface area (TPSA) is 116 Å². The molecule has 0 bridgehead atoms. The molecule has 1 fully saturated rings. The molecule has 8 heteroatoms. The Morgan fingerprint density at radius 3 is 2.52 bits per heavy atom. The second-order valence-corrected chi connectivity index (χ2v) is 5.93. The fourth-order valence-corrected chi connectivity index (χ4v) is 2.87. The zero-order valence-corrected chi connectivity index (χ0v) is 14.5. The lowest BCUT2D eigenvalue weighted by molar-refractivity contribution is -0.121. The molecular formula is C19H18N2O6. The number of hydrogen-bond donors (Lipinski definition) is 3. The number of nitrogens with one attached hydrogen (secondary N) is 1. The van der Waals surface area contributed by atoms with Crippen molar-refractivity contribution in [2.75, 3.05) is 16.8 Å². The summed E-state index contributed by atoms with van der Waals surface area (Å²) in [7, 11) is 0. The lowest BCUT2D eigenvalue weighted by Crippen LogP contribution is -2.34. The van der Waals surface area contributed by atoms with Crippen LogP contribution in [-0.4, -0.2) is 40.6 Å². The Balaban J connectivity index is 1.77. The van der Waals surface area contributed by atoms with Crippen LogP contribution in [0.15, 0.2) is 42.5 Å². The first-order valence-electron chi connectivity index (χ1n) is 8.33. The van der Waals surface area contributed by atoms with Crippen molar-refractivity contribution in [1.82, 2.24) is 0 Å². The smallest absolute Gasteiger partial charge is 0.339 e. The number of hydrogen-bond acceptors (Lipinski definition) is 6. The molecule has 1 saturated heterocycles. The Kier molecular flexibility index (Phi) is 4.98. The molecule has 27 heavy (non-hydrogen) atoms. The molecule has 2 aromatic rings. The summed E-state index contributed by atoms with van der Waals surface area (Å²) in [5, 5.41) is 21.8. The van der Waals surface area contributed by atoms with Gasteiger partial charge in [0, 0.05) is 11.8 Å². The average molecular weight is 370 g/mol. The minimum atomic E-state index is -1.30. The van der Waals surface area contributed by atoms with Crippen LogP contribution in [0.25, 0.3) is 0 Å². The Labute approximate surface area is 155 Å². The number of carboxylic acid groups (broad SMARTS) is 1. The van der Waals surface area contributed by atoms with E-state index in [2.05, 4.69) is 5.32 Å². The molecule has 0 aliphatic carbocycles. The van der Waals surface area contributed by atoms with Crippen LogP contribution >= 0.6 is 0 Å². The van der Waals surface area contributed by atoms with E-state index in [1.807, 2.05) is 6.92 Å². The summed E-state index contributed by atoms with van der Waals surface area (Å²) in [5.41, 5.74) is 0.487. The predicted molar refractivity (Wildman–Crippen MR) is 97.2 cm³/mol. The van der Waals surface area contributed by atoms with Crippen molar-refractivity contribution in [2.45, 2.75) is 19.4 Å². The number of carboxylic acids is 1. The molecule has 0 aromatic heterocycles. The summed E-state index contributed by atoms with van der Waals surface area (Å²) in [6, 6.07) is 9.83. The van der Waals surface area contributed by atoms with Gasteiger partial charge in [-0.05, 0) is 43.3 Å². The molecule has 3 rings (SSSR count). The molecule has 140 valence electrons. The second-order valence-electron chi connectivity index (χ2n) is 5.93. The molecule has 2 aromatic carbocycles. The van der Waals surface area contributed by atoms with Gasteiger partial charge in [-0.25, -0.2) is 9.69 Å². The van der Waals surface area contributed by atoms with Gasteiger partial charge in [0.05, 0.1) is 18.7 Å². The quantitative estimate of drug-likeness (QED) is 0.668. The number of phenols is 1. The van der Waals surface area contributed by atoms with Gasteiger partial charge in [-0.2, -0.15) is 0 Å². The maximum absolute atomic E-state index is 12.6. The normalized spacial score (nSPS) is 16.5. The highest BCUT2D eigenvalue weighted by Crippen LogP contribution is 2.30. The number of carbonyl (C=O) groups excluding carboxylic acids is 2. The van der Waals surface area contributed by atoms with E-state index in [1.54, 1.807) is 24.3 Å². The Morgan fingerprint density at radius 2 is 1.93 bits per heavy atom. The van der Waals surface area contributed by atoms with E-state index >= 15 is 0 Å². The third-order valence-electron chi connectivity index (χ3n) is 4.12. The van der Waals surface area contributed by atoms with E-state index in [0.717, 1.165) is 17.0 Å². The van der Waals surface area contributed by atoms with Crippen LogP contribution < -0.4 is 15.0 Å². The molecule has 1 atom stereocenters. The van der Waals surface area contributed by atoms with Gasteiger partial charge in [0.25, 0.3) is 5.91 Å². The highest BCUT2D eigenvalue weighted by Gasteiger charge is 2.39. The lowest BCUT2D eigenvalue weighted by atomic mass is 10.1. The van der Waals surface area contributed by atoms with Crippen LogP contribution in [0.1, 0.15) is 23.7 Å². The lowest BCUT2D eigenvalue weighted by Gasteiger charge is -2.17. The van der Waals surface area contributed by atoms with Crippen molar-refractivity contribution in [3.05, 3.63) is 48.0 Å². The van der Waals surface area contributed by atoms with E-state index < -0.39 is 29.6 Å². The summed E-state index contributed by atoms with van der Waals surface area (Å²) < 4.78 is 5.36. The van der Waals surface area contributed by atoms with Crippen molar-refractivity contribution >= 4 is 29.2 Å². The maximum Gasteiger partial charge on any atom is 0.339 e. The number of aromatic carboxylic acids is 1. The minimum absolute atomic E-state index is 0.0481. The summed E-state index contributed by atoms with van der Waals surface area (Å²) in [5.74, 6) is -2.02. The fraction of sp³-hybridized carbons (Fsp3) is 0.211. The minimum Gasteiger partial charge on any atom is -0.507 e. The third-order valence-corrected chi connectivity index (χ3v) is 4.12. The van der Waals surface area contributed by atoms with Crippen molar-refractivity contribution in [3.8, 4) is 11.5 Å². The largest absolute Gasteiger partial charge is 0.507 e. The molecule has 1 heterocycles. The number of nitrogens with zero attached hydrogens (tertiary/aromatic N) is 1. The molecule has 1 aliphatic rings. The number of aromatic hydroxyl groups is 1. The average Bonchev–Trinajstić information content (AvgIpc) is 2.90. The van der Waals surface area contributed by atoms with Crippen molar-refractivity contribution < 1.29 is 29.3 Å². The van der Waals surface area contributed by atoms with Crippen molar-refractivity contribution in [3.63, 3.8) is 0 Å². The summed E-state index contributed by atoms with van der Waals surface area (Å²) in [4.78, 5) is 36.9. The van der Waals surface area contributed by atoms with Gasteiger partial charge in [-0.15, -0.1) is 0 Å². The van der Waals surface area contributed by atoms with E-state index in [1.165, 1.54) is 6.07 Å². The second kappa shape index (κ2) is 7.36. The standard InChI is InChI=1S/C19H18N2O6/c1-2-27-13-6-3-11(4-7-13)20-15-10-17(23)21(18(15)24)12-5-8-14(19(25)26)16(22)9-12/h3-9,15,20,22H,2,10H2,1H3,(H,25,26). The number of benzene rings is 2. The number of carbonyl (C=O) groups is 3. The molecule has 2 amide bonds. The first-order valence-corrected chi connectivity index (χ1v) is 8.33. The van der Waals surface area contributed by atoms with E-state index in [0.29, 0.717) is 18.0 Å². The van der Waals surface area contributed by atoms with Crippen LogP contribution in [0.2, 0.25) is 0 Å². The monoisotopic (exact) mass is 370 g/mol. The summed E-state index contributed by atoms with van der Waals surface area (Å²) in [6.45, 7) is 2.43. The molecule has 0 saturated carbocycles. The Hall–Kier alpha value is -3.55. The SMILES string of the molecule is CCOc1ccc(NC2CC(=O)N(c3ccc(C(=O)O)c(O)c3)C2=O)cc1.